The summed E-state index contributed by atoms with van der Waals surface area (Å²) in [5.74, 6) is -1.71. The molecular weight excluding hydrogens is 248 g/mol. The van der Waals surface area contributed by atoms with Crippen molar-refractivity contribution in [3.05, 3.63) is 0 Å². The van der Waals surface area contributed by atoms with E-state index < -0.39 is 17.1 Å². The highest BCUT2D eigenvalue weighted by atomic mass is 32.2. The number of amides is 1. The lowest BCUT2D eigenvalue weighted by Gasteiger charge is -2.22. The molecule has 1 amide bonds. The first-order valence-electron chi connectivity index (χ1n) is 4.89. The number of carbonyl (C=O) groups is 2. The van der Waals surface area contributed by atoms with Crippen LogP contribution in [0.1, 0.15) is 20.3 Å². The predicted octanol–water partition coefficient (Wildman–Crippen LogP) is 0.675. The molecule has 5 nitrogen and oxygen atoms in total. The van der Waals surface area contributed by atoms with Crippen molar-refractivity contribution in [2.45, 2.75) is 25.5 Å². The van der Waals surface area contributed by atoms with Gasteiger partial charge < -0.3 is 15.7 Å². The third-order valence-electron chi connectivity index (χ3n) is 1.93. The quantitative estimate of drug-likeness (QED) is 0.686. The summed E-state index contributed by atoms with van der Waals surface area (Å²) in [6.07, 6.45) is -0.207. The van der Waals surface area contributed by atoms with E-state index >= 15 is 0 Å². The van der Waals surface area contributed by atoms with Gasteiger partial charge in [0, 0.05) is 19.5 Å². The lowest BCUT2D eigenvalue weighted by Crippen LogP contribution is -2.32. The maximum atomic E-state index is 10.9. The van der Waals surface area contributed by atoms with Crippen molar-refractivity contribution in [1.29, 1.82) is 0 Å². The molecule has 0 heterocycles. The third-order valence-corrected chi connectivity index (χ3v) is 3.59. The van der Waals surface area contributed by atoms with Crippen LogP contribution in [0, 0.1) is 0 Å². The van der Waals surface area contributed by atoms with E-state index in [1.165, 1.54) is 0 Å². The van der Waals surface area contributed by atoms with E-state index in [2.05, 4.69) is 0 Å². The number of carboxylic acids is 1. The summed E-state index contributed by atoms with van der Waals surface area (Å²) in [7, 11) is 0. The zero-order chi connectivity index (χ0) is 12.7. The normalized spacial score (nSPS) is 11.9. The molecule has 92 valence electrons. The molecule has 0 rings (SSSR count). The number of thiocarbonyl (C=S) groups is 1. The van der Waals surface area contributed by atoms with Gasteiger partial charge in [-0.2, -0.15) is 0 Å². The zero-order valence-electron chi connectivity index (χ0n) is 9.30. The van der Waals surface area contributed by atoms with Crippen molar-refractivity contribution in [2.75, 3.05) is 13.1 Å². The number of nitrogens with two attached hydrogens (primary N) is 1. The smallest absolute Gasteiger partial charge is 0.317 e. The lowest BCUT2D eigenvalue weighted by molar-refractivity contribution is -0.137. The minimum Gasteiger partial charge on any atom is -0.480 e. The Kier molecular flexibility index (Phi) is 7.07. The number of nitrogens with zero attached hydrogens (tertiary/aromatic N) is 1. The summed E-state index contributed by atoms with van der Waals surface area (Å²) in [5.41, 5.74) is 4.98. The summed E-state index contributed by atoms with van der Waals surface area (Å²) < 4.78 is 0.485. The van der Waals surface area contributed by atoms with Crippen LogP contribution in [0.4, 0.5) is 0 Å². The van der Waals surface area contributed by atoms with Crippen LogP contribution in [0.3, 0.4) is 0 Å². The van der Waals surface area contributed by atoms with Crippen LogP contribution < -0.4 is 5.73 Å². The van der Waals surface area contributed by atoms with Crippen molar-refractivity contribution in [1.82, 2.24) is 4.90 Å². The first-order valence-corrected chi connectivity index (χ1v) is 6.17. The van der Waals surface area contributed by atoms with E-state index in [1.54, 1.807) is 0 Å². The number of hydrogen-bond acceptors (Lipinski definition) is 4. The second-order valence-electron chi connectivity index (χ2n) is 3.05. The van der Waals surface area contributed by atoms with Crippen molar-refractivity contribution in [3.63, 3.8) is 0 Å². The van der Waals surface area contributed by atoms with Crippen LogP contribution in [0.5, 0.6) is 0 Å². The van der Waals surface area contributed by atoms with Gasteiger partial charge in [-0.25, -0.2) is 0 Å². The van der Waals surface area contributed by atoms with Crippen molar-refractivity contribution in [3.8, 4) is 0 Å². The second kappa shape index (κ2) is 7.45. The number of thioether (sulfide) groups is 1. The predicted molar refractivity (Wildman–Crippen MR) is 68.3 cm³/mol. The van der Waals surface area contributed by atoms with Gasteiger partial charge in [-0.3, -0.25) is 9.59 Å². The number of aliphatic carboxylic acids is 1. The molecule has 0 saturated heterocycles. The summed E-state index contributed by atoms with van der Waals surface area (Å²) in [4.78, 5) is 23.4. The molecule has 0 aliphatic carbocycles. The number of primary amides is 1. The van der Waals surface area contributed by atoms with Gasteiger partial charge in [0.2, 0.25) is 5.91 Å². The van der Waals surface area contributed by atoms with Crippen LogP contribution in [0.2, 0.25) is 0 Å². The maximum Gasteiger partial charge on any atom is 0.317 e. The van der Waals surface area contributed by atoms with Crippen LogP contribution in [-0.2, 0) is 9.59 Å². The monoisotopic (exact) mass is 264 g/mol. The van der Waals surface area contributed by atoms with Crippen LogP contribution in [0.15, 0.2) is 0 Å². The Hall–Kier alpha value is -0.820. The molecule has 1 atom stereocenters. The molecule has 3 N–H and O–H groups in total. The number of carbonyl (C=O) groups excluding carboxylic acids is 1. The van der Waals surface area contributed by atoms with Crippen molar-refractivity contribution in [2.24, 2.45) is 5.73 Å². The zero-order valence-corrected chi connectivity index (χ0v) is 10.9. The van der Waals surface area contributed by atoms with Gasteiger partial charge in [0.05, 0.1) is 0 Å². The van der Waals surface area contributed by atoms with Gasteiger partial charge in [0.1, 0.15) is 9.57 Å². The molecule has 0 aliphatic rings. The van der Waals surface area contributed by atoms with Crippen LogP contribution in [-0.4, -0.2) is 44.5 Å². The van der Waals surface area contributed by atoms with Gasteiger partial charge in [0.25, 0.3) is 0 Å². The molecular formula is C9H16N2O3S2. The summed E-state index contributed by atoms with van der Waals surface area (Å²) in [5, 5.41) is 7.99. The van der Waals surface area contributed by atoms with Gasteiger partial charge in [0.15, 0.2) is 0 Å². The van der Waals surface area contributed by atoms with Gasteiger partial charge in [-0.1, -0.05) is 24.0 Å². The Labute approximate surface area is 104 Å². The Morgan fingerprint density at radius 3 is 2.25 bits per heavy atom. The molecule has 0 radical (unpaired) electrons. The fourth-order valence-corrected chi connectivity index (χ4v) is 2.65. The van der Waals surface area contributed by atoms with Crippen LogP contribution >= 0.6 is 24.0 Å². The van der Waals surface area contributed by atoms with E-state index in [0.29, 0.717) is 17.4 Å². The Morgan fingerprint density at radius 2 is 1.94 bits per heavy atom. The Bertz CT molecular complexity index is 280. The van der Waals surface area contributed by atoms with Crippen LogP contribution in [0.25, 0.3) is 0 Å². The number of carboxylic acid groups (broad SMARTS) is 1. The van der Waals surface area contributed by atoms with Gasteiger partial charge >= 0.3 is 5.97 Å². The average Bonchev–Trinajstić information content (AvgIpc) is 2.17. The molecule has 0 fully saturated rings. The average molecular weight is 264 g/mol. The Balaban J connectivity index is 4.44. The van der Waals surface area contributed by atoms with E-state index in [1.807, 2.05) is 18.7 Å². The minimum absolute atomic E-state index is 0.207. The standard InChI is InChI=1S/C9H16N2O3S2/c1-3-11(4-2)9(15)16-6(8(13)14)5-7(10)12/h6H,3-5H2,1-2H3,(H2,10,12)(H,13,14)/t6-/m1/s1. The fourth-order valence-electron chi connectivity index (χ4n) is 1.04. The molecule has 0 bridgehead atoms. The van der Waals surface area contributed by atoms with E-state index in [0.717, 1.165) is 11.8 Å². The molecule has 16 heavy (non-hydrogen) atoms. The van der Waals surface area contributed by atoms with E-state index in [4.69, 9.17) is 23.1 Å². The maximum absolute atomic E-state index is 10.9. The molecule has 0 saturated carbocycles. The summed E-state index contributed by atoms with van der Waals surface area (Å²) in [6, 6.07) is 0. The van der Waals surface area contributed by atoms with Gasteiger partial charge in [-0.05, 0) is 13.8 Å². The fraction of sp³-hybridized carbons (Fsp3) is 0.667. The molecule has 0 aromatic carbocycles. The van der Waals surface area contributed by atoms with E-state index in [-0.39, 0.29) is 6.42 Å². The number of hydrogen-bond donors (Lipinski definition) is 2. The number of rotatable bonds is 6. The largest absolute Gasteiger partial charge is 0.480 e. The topological polar surface area (TPSA) is 83.6 Å². The first-order chi connectivity index (χ1) is 7.42. The molecule has 0 aromatic rings. The molecule has 0 unspecified atom stereocenters. The Morgan fingerprint density at radius 1 is 1.44 bits per heavy atom. The first kappa shape index (κ1) is 15.2. The molecule has 0 aliphatic heterocycles. The SMILES string of the molecule is CCN(CC)C(=S)S[C@H](CC(N)=O)C(=O)O. The van der Waals surface area contributed by atoms with E-state index in [9.17, 15) is 9.59 Å². The highest BCUT2D eigenvalue weighted by molar-refractivity contribution is 8.23. The van der Waals surface area contributed by atoms with Crippen molar-refractivity contribution < 1.29 is 14.7 Å². The highest BCUT2D eigenvalue weighted by Crippen LogP contribution is 2.19. The minimum atomic E-state index is -1.07. The van der Waals surface area contributed by atoms with Gasteiger partial charge in [-0.15, -0.1) is 0 Å². The summed E-state index contributed by atoms with van der Waals surface area (Å²) in [6.45, 7) is 5.29. The lowest BCUT2D eigenvalue weighted by atomic mass is 10.3. The van der Waals surface area contributed by atoms with Crippen molar-refractivity contribution >= 4 is 40.2 Å². The molecule has 0 aromatic heterocycles. The highest BCUT2D eigenvalue weighted by Gasteiger charge is 2.23. The summed E-state index contributed by atoms with van der Waals surface area (Å²) >= 11 is 6.09. The second-order valence-corrected chi connectivity index (χ2v) is 4.89. The molecule has 7 heteroatoms. The molecule has 0 spiro atoms. The third kappa shape index (κ3) is 5.32.